The molecule has 0 fully saturated rings. The third-order valence-electron chi connectivity index (χ3n) is 2.21. The summed E-state index contributed by atoms with van der Waals surface area (Å²) in [7, 11) is 0. The highest BCUT2D eigenvalue weighted by Crippen LogP contribution is 2.07. The topological polar surface area (TPSA) is 9.23 Å². The predicted octanol–water partition coefficient (Wildman–Crippen LogP) is 3.98. The summed E-state index contributed by atoms with van der Waals surface area (Å²) in [6.45, 7) is 9.74. The Hall–Kier alpha value is -0.330. The molecule has 0 aromatic heterocycles. The van der Waals surface area contributed by atoms with Crippen LogP contribution in [-0.4, -0.2) is 13.8 Å². The Morgan fingerprint density at radius 3 is 0.824 bits per heavy atom. The van der Waals surface area contributed by atoms with Gasteiger partial charge in [0.1, 0.15) is 0 Å². The first-order chi connectivity index (χ1) is 5.28. The van der Waals surface area contributed by atoms with Crippen LogP contribution in [0.1, 0.15) is 27.7 Å². The molecule has 0 aliphatic carbocycles. The molecule has 0 spiro atoms. The molecule has 9 heteroatoms. The van der Waals surface area contributed by atoms with Crippen LogP contribution in [0.2, 0.25) is 25.3 Å². The monoisotopic (exact) mass is 274 g/mol. The minimum Gasteiger partial charge on any atom is -0.498 e. The van der Waals surface area contributed by atoms with Gasteiger partial charge in [-0.15, -0.1) is 0 Å². The van der Waals surface area contributed by atoms with Crippen LogP contribution in [0.3, 0.4) is 0 Å². The average molecular weight is 274 g/mol. The van der Waals surface area contributed by atoms with Crippen molar-refractivity contribution in [2.45, 2.75) is 53.0 Å². The van der Waals surface area contributed by atoms with Crippen molar-refractivity contribution in [2.75, 3.05) is 0 Å². The average Bonchev–Trinajstić information content (AvgIpc) is 2.07. The lowest BCUT2D eigenvalue weighted by atomic mass is 9.54. The fraction of sp³-hybridized carbons (Fsp3) is 1.00. The maximum Gasteiger partial charge on any atom is 0.275 e. The predicted molar refractivity (Wildman–Crippen MR) is 69.5 cm³/mol. The van der Waals surface area contributed by atoms with Crippen LogP contribution in [0.15, 0.2) is 0 Å². The number of halogens is 6. The molecule has 1 nitrogen and oxygen atoms in total. The molecule has 0 saturated heterocycles. The summed E-state index contributed by atoms with van der Waals surface area (Å²) < 4.78 is 5.85. The number of rotatable bonds is 6. The van der Waals surface area contributed by atoms with Crippen LogP contribution >= 0.6 is 0 Å². The molecule has 112 valence electrons. The standard InChI is InChI=1S/C8H20B2O.6FH/c1-5-9(6-2)11-10(7-3)8-4;;;;;;/h5-8H2,1-4H3;6*1H. The van der Waals surface area contributed by atoms with Gasteiger partial charge in [-0.05, 0) is 0 Å². The van der Waals surface area contributed by atoms with Gasteiger partial charge in [0.05, 0.1) is 0 Å². The molecule has 0 amide bonds. The Morgan fingerprint density at radius 2 is 0.706 bits per heavy atom. The minimum atomic E-state index is 0. The molecule has 0 aromatic carbocycles. The van der Waals surface area contributed by atoms with Gasteiger partial charge in [0.15, 0.2) is 0 Å². The van der Waals surface area contributed by atoms with E-state index in [1.165, 1.54) is 0 Å². The fourth-order valence-corrected chi connectivity index (χ4v) is 1.23. The van der Waals surface area contributed by atoms with Gasteiger partial charge in [0.25, 0.3) is 13.8 Å². The highest BCUT2D eigenvalue weighted by molar-refractivity contribution is 6.65. The third kappa shape index (κ3) is 21.5. The zero-order chi connectivity index (χ0) is 8.69. The van der Waals surface area contributed by atoms with Crippen LogP contribution in [0.25, 0.3) is 0 Å². The normalized spacial score (nSPS) is 6.35. The first-order valence-electron chi connectivity index (χ1n) is 4.93. The van der Waals surface area contributed by atoms with E-state index in [0.29, 0.717) is 13.8 Å². The van der Waals surface area contributed by atoms with Gasteiger partial charge in [-0.25, -0.2) is 0 Å². The minimum absolute atomic E-state index is 0. The van der Waals surface area contributed by atoms with Crippen molar-refractivity contribution in [3.8, 4) is 0 Å². The van der Waals surface area contributed by atoms with E-state index in [1.807, 2.05) is 0 Å². The van der Waals surface area contributed by atoms with Gasteiger partial charge in [-0.1, -0.05) is 53.0 Å². The Balaban J connectivity index is -0.0000000333. The van der Waals surface area contributed by atoms with Crippen LogP contribution in [0, 0.1) is 0 Å². The van der Waals surface area contributed by atoms with Crippen molar-refractivity contribution in [3.05, 3.63) is 0 Å². The number of hydrogen-bond donors (Lipinski definition) is 0. The summed E-state index contributed by atoms with van der Waals surface area (Å²) in [5.74, 6) is 0. The maximum atomic E-state index is 5.85. The van der Waals surface area contributed by atoms with Crippen LogP contribution in [0.4, 0.5) is 28.2 Å². The smallest absolute Gasteiger partial charge is 0.275 e. The summed E-state index contributed by atoms with van der Waals surface area (Å²) in [6.07, 6.45) is 4.58. The maximum absolute atomic E-state index is 5.85. The van der Waals surface area contributed by atoms with Crippen molar-refractivity contribution in [1.29, 1.82) is 0 Å². The van der Waals surface area contributed by atoms with Crippen molar-refractivity contribution in [1.82, 2.24) is 0 Å². The van der Waals surface area contributed by atoms with Crippen molar-refractivity contribution < 1.29 is 32.8 Å². The van der Waals surface area contributed by atoms with Crippen molar-refractivity contribution >= 4 is 13.8 Å². The summed E-state index contributed by atoms with van der Waals surface area (Å²) in [5.41, 5.74) is 0. The Kier molecular flexibility index (Phi) is 76.3. The van der Waals surface area contributed by atoms with Gasteiger partial charge < -0.3 is 4.57 Å². The van der Waals surface area contributed by atoms with E-state index in [-0.39, 0.29) is 28.2 Å². The SMILES string of the molecule is CCB(CC)OB(CC)CC.F.F.F.F.F.F. The van der Waals surface area contributed by atoms with E-state index < -0.39 is 0 Å². The van der Waals surface area contributed by atoms with E-state index in [0.717, 1.165) is 25.3 Å². The zero-order valence-corrected chi connectivity index (χ0v) is 10.8. The van der Waals surface area contributed by atoms with Gasteiger partial charge >= 0.3 is 0 Å². The van der Waals surface area contributed by atoms with E-state index in [9.17, 15) is 0 Å². The second-order valence-corrected chi connectivity index (χ2v) is 3.01. The molecule has 0 aliphatic rings. The molecule has 0 aromatic rings. The van der Waals surface area contributed by atoms with E-state index in [1.54, 1.807) is 0 Å². The summed E-state index contributed by atoms with van der Waals surface area (Å²) in [5, 5.41) is 0. The zero-order valence-electron chi connectivity index (χ0n) is 10.8. The second-order valence-electron chi connectivity index (χ2n) is 3.01. The lowest BCUT2D eigenvalue weighted by molar-refractivity contribution is 0.576. The van der Waals surface area contributed by atoms with Gasteiger partial charge in [0.2, 0.25) is 0 Å². The third-order valence-corrected chi connectivity index (χ3v) is 2.21. The van der Waals surface area contributed by atoms with Gasteiger partial charge in [0, 0.05) is 0 Å². The Labute approximate surface area is 100 Å². The molecule has 0 bridgehead atoms. The number of hydrogen-bond acceptors (Lipinski definition) is 1. The second kappa shape index (κ2) is 29.6. The molecule has 0 radical (unpaired) electrons. The molecular formula is C8H26B2F6O. The summed E-state index contributed by atoms with van der Waals surface area (Å²) >= 11 is 0. The first kappa shape index (κ1) is 43.8. The van der Waals surface area contributed by atoms with Crippen LogP contribution in [0.5, 0.6) is 0 Å². The van der Waals surface area contributed by atoms with Crippen LogP contribution in [-0.2, 0) is 4.57 Å². The molecule has 0 rings (SSSR count). The molecular weight excluding hydrogens is 248 g/mol. The van der Waals surface area contributed by atoms with Crippen molar-refractivity contribution in [3.63, 3.8) is 0 Å². The first-order valence-corrected chi connectivity index (χ1v) is 4.93. The Bertz CT molecular complexity index is 86.1. The van der Waals surface area contributed by atoms with E-state index >= 15 is 0 Å². The summed E-state index contributed by atoms with van der Waals surface area (Å²) in [4.78, 5) is 0. The van der Waals surface area contributed by atoms with E-state index in [2.05, 4.69) is 27.7 Å². The lowest BCUT2D eigenvalue weighted by Gasteiger charge is -2.16. The van der Waals surface area contributed by atoms with Gasteiger partial charge in [-0.2, -0.15) is 0 Å². The Morgan fingerprint density at radius 1 is 0.529 bits per heavy atom. The van der Waals surface area contributed by atoms with Crippen LogP contribution < -0.4 is 0 Å². The molecule has 0 N–H and O–H groups in total. The van der Waals surface area contributed by atoms with Crippen molar-refractivity contribution in [2.24, 2.45) is 0 Å². The fourth-order valence-electron chi connectivity index (χ4n) is 1.23. The highest BCUT2D eigenvalue weighted by atomic mass is 19.0. The van der Waals surface area contributed by atoms with E-state index in [4.69, 9.17) is 4.57 Å². The largest absolute Gasteiger partial charge is 0.498 e. The highest BCUT2D eigenvalue weighted by Gasteiger charge is 2.17. The molecule has 0 heterocycles. The molecule has 0 aliphatic heterocycles. The quantitative estimate of drug-likeness (QED) is 0.525. The summed E-state index contributed by atoms with van der Waals surface area (Å²) in [6, 6.07) is 0. The lowest BCUT2D eigenvalue weighted by Crippen LogP contribution is -2.26. The van der Waals surface area contributed by atoms with Gasteiger partial charge in [-0.3, -0.25) is 28.2 Å². The molecule has 0 atom stereocenters. The molecule has 0 saturated carbocycles. The molecule has 17 heavy (non-hydrogen) atoms. The molecule has 0 unspecified atom stereocenters.